The van der Waals surface area contributed by atoms with E-state index in [2.05, 4.69) is 10.1 Å². The summed E-state index contributed by atoms with van der Waals surface area (Å²) in [5, 5.41) is 13.1. The van der Waals surface area contributed by atoms with E-state index in [0.717, 1.165) is 12.1 Å². The van der Waals surface area contributed by atoms with Crippen LogP contribution in [0.15, 0.2) is 12.1 Å². The molecule has 1 aromatic rings. The highest BCUT2D eigenvalue weighted by molar-refractivity contribution is 5.75. The van der Waals surface area contributed by atoms with Gasteiger partial charge in [-0.05, 0) is 0 Å². The number of benzene rings is 1. The SMILES string of the molecule is COC(=O)CNc1cc(OC)c([N+](=O)[O-])cc1F. The summed E-state index contributed by atoms with van der Waals surface area (Å²) in [5.41, 5.74) is -0.568. The van der Waals surface area contributed by atoms with Crippen LogP contribution < -0.4 is 10.1 Å². The number of carbonyl (C=O) groups excluding carboxylic acids is 1. The van der Waals surface area contributed by atoms with E-state index in [1.807, 2.05) is 0 Å². The molecule has 0 aromatic heterocycles. The Labute approximate surface area is 102 Å². The van der Waals surface area contributed by atoms with Crippen molar-refractivity contribution in [3.8, 4) is 5.75 Å². The van der Waals surface area contributed by atoms with Gasteiger partial charge >= 0.3 is 11.7 Å². The van der Waals surface area contributed by atoms with Crippen LogP contribution in [-0.2, 0) is 9.53 Å². The first-order chi connectivity index (χ1) is 8.49. The van der Waals surface area contributed by atoms with Gasteiger partial charge in [0.2, 0.25) is 0 Å². The maximum Gasteiger partial charge on any atom is 0.325 e. The van der Waals surface area contributed by atoms with Crippen LogP contribution in [0.5, 0.6) is 5.75 Å². The number of nitrogens with zero attached hydrogens (tertiary/aromatic N) is 1. The number of nitro benzene ring substituents is 1. The zero-order chi connectivity index (χ0) is 13.7. The summed E-state index contributed by atoms with van der Waals surface area (Å²) in [6.45, 7) is -0.256. The molecule has 0 aliphatic heterocycles. The summed E-state index contributed by atoms with van der Waals surface area (Å²) in [6.07, 6.45) is 0. The third kappa shape index (κ3) is 3.06. The molecule has 0 saturated carbocycles. The number of ether oxygens (including phenoxy) is 2. The molecular formula is C10H11FN2O5. The van der Waals surface area contributed by atoms with Crippen molar-refractivity contribution in [2.75, 3.05) is 26.1 Å². The zero-order valence-corrected chi connectivity index (χ0v) is 9.73. The molecule has 0 aliphatic rings. The smallest absolute Gasteiger partial charge is 0.325 e. The normalized spacial score (nSPS) is 9.72. The van der Waals surface area contributed by atoms with Crippen molar-refractivity contribution in [2.24, 2.45) is 0 Å². The molecular weight excluding hydrogens is 247 g/mol. The van der Waals surface area contributed by atoms with Crippen molar-refractivity contribution < 1.29 is 23.6 Å². The molecule has 1 aromatic carbocycles. The van der Waals surface area contributed by atoms with Gasteiger partial charge in [0.25, 0.3) is 0 Å². The lowest BCUT2D eigenvalue weighted by Crippen LogP contribution is -2.15. The highest BCUT2D eigenvalue weighted by Crippen LogP contribution is 2.32. The monoisotopic (exact) mass is 258 g/mol. The quantitative estimate of drug-likeness (QED) is 0.486. The zero-order valence-electron chi connectivity index (χ0n) is 9.73. The van der Waals surface area contributed by atoms with Crippen LogP contribution in [-0.4, -0.2) is 31.7 Å². The maximum absolute atomic E-state index is 13.5. The van der Waals surface area contributed by atoms with Crippen LogP contribution >= 0.6 is 0 Å². The Morgan fingerprint density at radius 1 is 1.50 bits per heavy atom. The number of nitrogens with one attached hydrogen (secondary N) is 1. The molecule has 0 spiro atoms. The number of halogens is 1. The van der Waals surface area contributed by atoms with Gasteiger partial charge < -0.3 is 14.8 Å². The highest BCUT2D eigenvalue weighted by atomic mass is 19.1. The standard InChI is InChI=1S/C10H11FN2O5/c1-17-9-4-7(12-5-10(14)18-2)6(11)3-8(9)13(15)16/h3-4,12H,5H2,1-2H3. The lowest BCUT2D eigenvalue weighted by Gasteiger charge is -2.08. The summed E-state index contributed by atoms with van der Waals surface area (Å²) in [4.78, 5) is 20.7. The highest BCUT2D eigenvalue weighted by Gasteiger charge is 2.19. The molecule has 0 amide bonds. The van der Waals surface area contributed by atoms with E-state index in [1.165, 1.54) is 14.2 Å². The number of nitro groups is 1. The van der Waals surface area contributed by atoms with Crippen molar-refractivity contribution in [2.45, 2.75) is 0 Å². The molecule has 18 heavy (non-hydrogen) atoms. The molecule has 0 aliphatic carbocycles. The summed E-state index contributed by atoms with van der Waals surface area (Å²) >= 11 is 0. The Morgan fingerprint density at radius 3 is 2.67 bits per heavy atom. The van der Waals surface area contributed by atoms with Gasteiger partial charge in [0, 0.05) is 6.07 Å². The van der Waals surface area contributed by atoms with Gasteiger partial charge in [-0.25, -0.2) is 4.39 Å². The van der Waals surface area contributed by atoms with Crippen LogP contribution in [0.3, 0.4) is 0 Å². The minimum absolute atomic E-state index is 0.0807. The Morgan fingerprint density at radius 2 is 2.17 bits per heavy atom. The van der Waals surface area contributed by atoms with Gasteiger partial charge in [-0.3, -0.25) is 14.9 Å². The van der Waals surface area contributed by atoms with Gasteiger partial charge in [0.05, 0.1) is 30.9 Å². The Hall–Kier alpha value is -2.38. The minimum atomic E-state index is -0.855. The Balaban J connectivity index is 3.00. The van der Waals surface area contributed by atoms with Gasteiger partial charge in [-0.15, -0.1) is 0 Å². The van der Waals surface area contributed by atoms with Gasteiger partial charge in [0.15, 0.2) is 11.6 Å². The molecule has 0 heterocycles. The van der Waals surface area contributed by atoms with E-state index in [1.54, 1.807) is 0 Å². The summed E-state index contributed by atoms with van der Waals surface area (Å²) in [5.74, 6) is -1.55. The number of rotatable bonds is 5. The molecule has 8 heteroatoms. The second-order valence-electron chi connectivity index (χ2n) is 3.19. The molecule has 0 bridgehead atoms. The predicted octanol–water partition coefficient (Wildman–Crippen LogP) is 1.33. The topological polar surface area (TPSA) is 90.7 Å². The van der Waals surface area contributed by atoms with Crippen molar-refractivity contribution in [3.63, 3.8) is 0 Å². The predicted molar refractivity (Wildman–Crippen MR) is 60.1 cm³/mol. The maximum atomic E-state index is 13.5. The van der Waals surface area contributed by atoms with Crippen LogP contribution in [0.1, 0.15) is 0 Å². The molecule has 1 N–H and O–H groups in total. The summed E-state index contributed by atoms with van der Waals surface area (Å²) < 4.78 is 22.6. The fraction of sp³-hybridized carbons (Fsp3) is 0.300. The van der Waals surface area contributed by atoms with Crippen molar-refractivity contribution in [3.05, 3.63) is 28.1 Å². The van der Waals surface area contributed by atoms with Gasteiger partial charge in [-0.2, -0.15) is 0 Å². The molecule has 0 saturated heterocycles. The second kappa shape index (κ2) is 5.80. The Bertz CT molecular complexity index is 478. The second-order valence-corrected chi connectivity index (χ2v) is 3.19. The molecule has 0 atom stereocenters. The average molecular weight is 258 g/mol. The number of hydrogen-bond acceptors (Lipinski definition) is 6. The van der Waals surface area contributed by atoms with Gasteiger partial charge in [-0.1, -0.05) is 0 Å². The summed E-state index contributed by atoms with van der Waals surface area (Å²) in [6, 6.07) is 1.83. The number of methoxy groups -OCH3 is 2. The lowest BCUT2D eigenvalue weighted by molar-refractivity contribution is -0.385. The van der Waals surface area contributed by atoms with Crippen molar-refractivity contribution in [1.82, 2.24) is 0 Å². The van der Waals surface area contributed by atoms with E-state index in [4.69, 9.17) is 4.74 Å². The molecule has 7 nitrogen and oxygen atoms in total. The first-order valence-electron chi connectivity index (χ1n) is 4.82. The van der Waals surface area contributed by atoms with Crippen molar-refractivity contribution >= 4 is 17.3 Å². The number of anilines is 1. The van der Waals surface area contributed by atoms with E-state index >= 15 is 0 Å². The fourth-order valence-corrected chi connectivity index (χ4v) is 1.22. The lowest BCUT2D eigenvalue weighted by atomic mass is 10.2. The van der Waals surface area contributed by atoms with Crippen LogP contribution in [0.25, 0.3) is 0 Å². The third-order valence-corrected chi connectivity index (χ3v) is 2.12. The largest absolute Gasteiger partial charge is 0.490 e. The van der Waals surface area contributed by atoms with E-state index in [0.29, 0.717) is 0 Å². The number of hydrogen-bond donors (Lipinski definition) is 1. The number of carbonyl (C=O) groups is 1. The van der Waals surface area contributed by atoms with E-state index in [-0.39, 0.29) is 18.0 Å². The summed E-state index contributed by atoms with van der Waals surface area (Å²) in [7, 11) is 2.42. The van der Waals surface area contributed by atoms with E-state index in [9.17, 15) is 19.3 Å². The van der Waals surface area contributed by atoms with Crippen LogP contribution in [0.2, 0.25) is 0 Å². The fourth-order valence-electron chi connectivity index (χ4n) is 1.22. The van der Waals surface area contributed by atoms with Gasteiger partial charge in [0.1, 0.15) is 6.54 Å². The molecule has 0 unspecified atom stereocenters. The van der Waals surface area contributed by atoms with Crippen molar-refractivity contribution in [1.29, 1.82) is 0 Å². The van der Waals surface area contributed by atoms with E-state index < -0.39 is 22.4 Å². The third-order valence-electron chi connectivity index (χ3n) is 2.12. The molecule has 0 radical (unpaired) electrons. The average Bonchev–Trinajstić information content (AvgIpc) is 2.36. The molecule has 0 fully saturated rings. The van der Waals surface area contributed by atoms with Crippen LogP contribution in [0.4, 0.5) is 15.8 Å². The Kier molecular flexibility index (Phi) is 4.41. The first kappa shape index (κ1) is 13.7. The molecule has 1 rings (SSSR count). The van der Waals surface area contributed by atoms with Crippen LogP contribution in [0, 0.1) is 15.9 Å². The first-order valence-corrected chi connectivity index (χ1v) is 4.82. The minimum Gasteiger partial charge on any atom is -0.490 e. The number of esters is 1. The molecule has 98 valence electrons.